The van der Waals surface area contributed by atoms with E-state index < -0.39 is 0 Å². The van der Waals surface area contributed by atoms with E-state index >= 15 is 0 Å². The molecular weight excluding hydrogens is 1260 g/mol. The van der Waals surface area contributed by atoms with Crippen LogP contribution in [0.3, 0.4) is 0 Å². The number of esters is 2. The monoisotopic (exact) mass is 1340 g/mol. The SMILES string of the molecule is CCC1=C(C)c2cc3[n-]c(cc4nc(cc5[n-]c(cc1n2)c(C)c5CCCO)C(CCCO)=C4C)c(C)c3CC.CCC1=C(C)c2cc3[n-]c(cc4nc(cc5[n-]c(cc1n2)c(C)c5CCCOC(C)=O)C(CCCOC(C)=O)=C4C)c(C)c3CC.[Cl-].[Cl-].[Co+2].[Co+2]. The predicted octanol–water partition coefficient (Wildman–Crippen LogP) is 8.59. The molecule has 4 aliphatic heterocycles. The number of rotatable bonds is 18. The molecule has 6 aromatic heterocycles. The van der Waals surface area contributed by atoms with Crippen molar-refractivity contribution in [3.05, 3.63) is 139 Å². The first kappa shape index (κ1) is 74.4. The fourth-order valence-electron chi connectivity index (χ4n) is 12.6. The molecule has 482 valence electrons. The minimum Gasteiger partial charge on any atom is -1.00 e. The first-order valence-corrected chi connectivity index (χ1v) is 30.9. The summed E-state index contributed by atoms with van der Waals surface area (Å²) in [5.74, 6) is -0.557. The normalized spacial score (nSPS) is 12.7. The molecule has 14 nitrogen and oxygen atoms in total. The van der Waals surface area contributed by atoms with E-state index in [1.165, 1.54) is 52.8 Å². The number of carbonyl (C=O) groups is 2. The van der Waals surface area contributed by atoms with Gasteiger partial charge in [-0.15, -0.1) is 44.1 Å². The minimum atomic E-state index is -0.279. The Morgan fingerprint density at radius 3 is 0.956 bits per heavy atom. The molecule has 0 spiro atoms. The number of aryl methyl sites for hydroxylation is 8. The average Bonchev–Trinajstić information content (AvgIpc) is 1.79. The van der Waals surface area contributed by atoms with E-state index in [1.54, 1.807) is 0 Å². The Bertz CT molecular complexity index is 4160. The summed E-state index contributed by atoms with van der Waals surface area (Å²) in [5, 5.41) is 19.2. The maximum absolute atomic E-state index is 11.4. The van der Waals surface area contributed by atoms with Crippen molar-refractivity contribution in [1.29, 1.82) is 0 Å². The molecule has 2 radical (unpaired) electrons. The van der Waals surface area contributed by atoms with E-state index in [0.717, 1.165) is 178 Å². The number of nitrogens with zero attached hydrogens (tertiary/aromatic N) is 8. The molecule has 90 heavy (non-hydrogen) atoms. The number of allylic oxidation sites excluding steroid dienone is 8. The van der Waals surface area contributed by atoms with Gasteiger partial charge in [-0.1, -0.05) is 121 Å². The van der Waals surface area contributed by atoms with Crippen LogP contribution in [0.15, 0.2) is 48.5 Å². The van der Waals surface area contributed by atoms with Crippen molar-refractivity contribution in [2.75, 3.05) is 26.4 Å². The van der Waals surface area contributed by atoms with Crippen LogP contribution in [0.5, 0.6) is 0 Å². The van der Waals surface area contributed by atoms with Gasteiger partial charge in [-0.3, -0.25) is 9.59 Å². The summed E-state index contributed by atoms with van der Waals surface area (Å²) in [4.78, 5) is 63.8. The summed E-state index contributed by atoms with van der Waals surface area (Å²) in [5.41, 5.74) is 33.1. The number of aliphatic hydroxyl groups is 2. The number of ether oxygens (including phenoxy) is 2. The van der Waals surface area contributed by atoms with Crippen molar-refractivity contribution >= 4 is 101 Å². The minimum absolute atomic E-state index is 0. The molecule has 0 unspecified atom stereocenters. The van der Waals surface area contributed by atoms with Crippen LogP contribution in [0, 0.1) is 27.7 Å². The van der Waals surface area contributed by atoms with Gasteiger partial charge >= 0.3 is 45.5 Å². The zero-order valence-corrected chi connectivity index (χ0v) is 58.1. The van der Waals surface area contributed by atoms with Crippen molar-refractivity contribution in [2.24, 2.45) is 0 Å². The van der Waals surface area contributed by atoms with E-state index in [9.17, 15) is 19.8 Å². The van der Waals surface area contributed by atoms with Gasteiger partial charge in [-0.25, -0.2) is 19.9 Å². The Morgan fingerprint density at radius 2 is 0.622 bits per heavy atom. The van der Waals surface area contributed by atoms with E-state index in [2.05, 4.69) is 132 Å². The van der Waals surface area contributed by atoms with Gasteiger partial charge < -0.3 is 64.4 Å². The quantitative estimate of drug-likeness (QED) is 0.0612. The van der Waals surface area contributed by atoms with Crippen molar-refractivity contribution in [1.82, 2.24) is 39.9 Å². The molecule has 0 aromatic carbocycles. The standard InChI is InChI=1S/C38H44N4O4.C34H40N4O2.2ClH.2Co/c1-9-27-21(3)31-17-32-23(5)29(13-11-15-45-25(7)43)37(41-32)20-38-30(14-12-16-46-26(8)44)24(6)34(42-38)19-36-28(10-2)22(4)33(40-36)18-35(27)39-31;1-7-23-19(3)27-15-28-21(5)25(11-9-13-39)33(37-28)18-34-26(12-10-14-40)22(6)30(38-34)17-32-24(8-2)20(4)29(36-32)16-31(23)35-27;;;;/h17-20H,9-16H2,1-8H3;15-18,39-40H,7-14H2,1-6H3;2*1H;;/q2*-2;;;2*+2/p-2. The first-order chi connectivity index (χ1) is 41.3. The van der Waals surface area contributed by atoms with E-state index in [4.69, 9.17) is 49.3 Å². The van der Waals surface area contributed by atoms with Gasteiger partial charge in [-0.2, -0.15) is 0 Å². The Kier molecular flexibility index (Phi) is 27.1. The number of carbonyl (C=O) groups excluding carboxylic acids is 2. The third-order valence-corrected chi connectivity index (χ3v) is 17.6. The second-order valence-corrected chi connectivity index (χ2v) is 23.0. The largest absolute Gasteiger partial charge is 2.00 e. The number of aromatic nitrogens is 8. The molecule has 10 rings (SSSR count). The average molecular weight is 1350 g/mol. The Hall–Kier alpha value is -6.35. The summed E-state index contributed by atoms with van der Waals surface area (Å²) in [6, 6.07) is 16.9. The zero-order valence-electron chi connectivity index (χ0n) is 54.5. The van der Waals surface area contributed by atoms with Crippen LogP contribution < -0.4 is 44.7 Å². The van der Waals surface area contributed by atoms with Gasteiger partial charge in [0.1, 0.15) is 0 Å². The van der Waals surface area contributed by atoms with E-state index in [1.807, 2.05) is 0 Å². The summed E-state index contributed by atoms with van der Waals surface area (Å²) < 4.78 is 10.5. The molecule has 0 saturated heterocycles. The van der Waals surface area contributed by atoms with Gasteiger partial charge in [0.05, 0.1) is 58.8 Å². The first-order valence-electron chi connectivity index (χ1n) is 30.9. The molecule has 18 heteroatoms. The Morgan fingerprint density at radius 1 is 0.367 bits per heavy atom. The van der Waals surface area contributed by atoms with E-state index in [-0.39, 0.29) is 83.5 Å². The molecule has 0 saturated carbocycles. The molecule has 4 aliphatic rings. The van der Waals surface area contributed by atoms with Crippen LogP contribution in [-0.2, 0) is 78.3 Å². The van der Waals surface area contributed by atoms with Crippen molar-refractivity contribution in [3.8, 4) is 0 Å². The third-order valence-electron chi connectivity index (χ3n) is 17.6. The smallest absolute Gasteiger partial charge is 1.00 e. The van der Waals surface area contributed by atoms with Crippen LogP contribution in [0.25, 0.3) is 88.7 Å². The summed E-state index contributed by atoms with van der Waals surface area (Å²) >= 11 is 0. The number of hydrogen-bond donors (Lipinski definition) is 2. The van der Waals surface area contributed by atoms with Crippen molar-refractivity contribution in [3.63, 3.8) is 0 Å². The molecule has 0 atom stereocenters. The van der Waals surface area contributed by atoms with Crippen LogP contribution in [0.1, 0.15) is 211 Å². The van der Waals surface area contributed by atoms with Crippen LogP contribution >= 0.6 is 0 Å². The van der Waals surface area contributed by atoms with Crippen molar-refractivity contribution < 1.29 is 87.6 Å². The van der Waals surface area contributed by atoms with Gasteiger partial charge in [-0.05, 0) is 177 Å². The fourth-order valence-corrected chi connectivity index (χ4v) is 12.6. The van der Waals surface area contributed by atoms with Crippen molar-refractivity contribution in [2.45, 2.75) is 174 Å². The maximum atomic E-state index is 11.4. The molecule has 0 fully saturated rings. The van der Waals surface area contributed by atoms with E-state index in [0.29, 0.717) is 51.7 Å². The second-order valence-electron chi connectivity index (χ2n) is 23.0. The molecule has 0 amide bonds. The second kappa shape index (κ2) is 32.8. The predicted molar refractivity (Wildman–Crippen MR) is 349 cm³/mol. The van der Waals surface area contributed by atoms with Crippen LogP contribution in [0.4, 0.5) is 0 Å². The molecule has 6 aromatic rings. The summed E-state index contributed by atoms with van der Waals surface area (Å²) in [7, 11) is 0. The topological polar surface area (TPSA) is 201 Å². The maximum Gasteiger partial charge on any atom is 2.00 e. The zero-order chi connectivity index (χ0) is 61.7. The van der Waals surface area contributed by atoms with Gasteiger partial charge in [0.15, 0.2) is 0 Å². The van der Waals surface area contributed by atoms with Crippen LogP contribution in [0.2, 0.25) is 0 Å². The number of aliphatic hydroxyl groups excluding tert-OH is 2. The summed E-state index contributed by atoms with van der Waals surface area (Å²) in [6.07, 6.45) is 9.11. The van der Waals surface area contributed by atoms with Gasteiger partial charge in [0, 0.05) is 27.1 Å². The third kappa shape index (κ3) is 15.7. The Labute approximate surface area is 563 Å². The summed E-state index contributed by atoms with van der Waals surface area (Å²) in [6.45, 7) is 29.5. The molecule has 10 heterocycles. The molecule has 0 aliphatic carbocycles. The number of hydrogen-bond acceptors (Lipinski definition) is 10. The molecule has 2 N–H and O–H groups in total. The molecular formula is C72H84Cl2Co2N8O6-2. The molecule has 16 bridgehead atoms. The fraction of sp³-hybridized carbons (Fsp3) is 0.417. The van der Waals surface area contributed by atoms with Gasteiger partial charge in [0.2, 0.25) is 0 Å². The Balaban J connectivity index is 0.000000316. The number of halogens is 2. The van der Waals surface area contributed by atoms with Crippen LogP contribution in [-0.4, -0.2) is 68.5 Å². The van der Waals surface area contributed by atoms with Gasteiger partial charge in [0.25, 0.3) is 0 Å². The number of fused-ring (bicyclic) bond motifs is 16.